The summed E-state index contributed by atoms with van der Waals surface area (Å²) in [6.45, 7) is 5.36. The fraction of sp³-hybridized carbons (Fsp3) is 0.600. The number of carbonyl (C=O) groups excluding carboxylic acids is 1. The number of likely N-dealkylation sites (N-methyl/N-ethyl adjacent to an activating group) is 1. The minimum absolute atomic E-state index is 0.127. The van der Waals surface area contributed by atoms with Crippen molar-refractivity contribution in [1.29, 1.82) is 0 Å². The predicted octanol–water partition coefficient (Wildman–Crippen LogP) is 0.832. The fourth-order valence-corrected chi connectivity index (χ4v) is 4.14. The van der Waals surface area contributed by atoms with Crippen LogP contribution in [0, 0.1) is 0 Å². The van der Waals surface area contributed by atoms with Gasteiger partial charge >= 0.3 is 0 Å². The molecule has 0 spiro atoms. The van der Waals surface area contributed by atoms with Gasteiger partial charge in [0.25, 0.3) is 0 Å². The summed E-state index contributed by atoms with van der Waals surface area (Å²) in [5.41, 5.74) is 2.83. The van der Waals surface area contributed by atoms with Crippen LogP contribution >= 0.6 is 0 Å². The quantitative estimate of drug-likeness (QED) is 0.763. The highest BCUT2D eigenvalue weighted by atomic mass is 16.1. The summed E-state index contributed by atoms with van der Waals surface area (Å²) in [4.78, 5) is 16.8. The van der Waals surface area contributed by atoms with Crippen LogP contribution in [0.15, 0.2) is 24.3 Å². The number of likely N-dealkylation sites (tertiary alicyclic amines) is 1. The van der Waals surface area contributed by atoms with Gasteiger partial charge in [0.05, 0.1) is 6.54 Å². The molecule has 8 nitrogen and oxygen atoms in total. The van der Waals surface area contributed by atoms with Crippen molar-refractivity contribution >= 4 is 5.91 Å². The first-order chi connectivity index (χ1) is 13.7. The number of hydrogen-bond donors (Lipinski definition) is 1. The number of nitrogens with zero attached hydrogens (tertiary/aromatic N) is 6. The van der Waals surface area contributed by atoms with E-state index in [0.29, 0.717) is 19.0 Å². The number of rotatable bonds is 7. The monoisotopic (exact) mass is 383 g/mol. The average molecular weight is 384 g/mol. The standard InChI is InChI=1S/C20H29N7O/c1-25-11-9-18(14-25)21-20(28)7-4-10-27-19(22-23-24-27)15-26-12-8-16-5-2-3-6-17(16)13-26/h2-3,5-6,18H,4,7-15H2,1H3,(H,21,28)/t18-/m0/s1. The second kappa shape index (κ2) is 8.79. The molecule has 3 heterocycles. The lowest BCUT2D eigenvalue weighted by Crippen LogP contribution is -2.36. The third kappa shape index (κ3) is 4.74. The fourth-order valence-electron chi connectivity index (χ4n) is 4.14. The summed E-state index contributed by atoms with van der Waals surface area (Å²) in [5, 5.41) is 15.3. The minimum Gasteiger partial charge on any atom is -0.352 e. The van der Waals surface area contributed by atoms with Gasteiger partial charge in [0.15, 0.2) is 5.82 Å². The van der Waals surface area contributed by atoms with Crippen LogP contribution in [0.1, 0.15) is 36.2 Å². The number of hydrogen-bond acceptors (Lipinski definition) is 6. The molecule has 0 radical (unpaired) electrons. The Bertz CT molecular complexity index is 805. The van der Waals surface area contributed by atoms with Gasteiger partial charge in [-0.3, -0.25) is 9.69 Å². The van der Waals surface area contributed by atoms with Crippen LogP contribution < -0.4 is 5.32 Å². The van der Waals surface area contributed by atoms with Crippen LogP contribution in [-0.2, 0) is 30.8 Å². The molecule has 0 bridgehead atoms. The first kappa shape index (κ1) is 19.0. The van der Waals surface area contributed by atoms with E-state index in [1.165, 1.54) is 11.1 Å². The lowest BCUT2D eigenvalue weighted by atomic mass is 10.00. The largest absolute Gasteiger partial charge is 0.352 e. The van der Waals surface area contributed by atoms with Crippen LogP contribution in [0.25, 0.3) is 0 Å². The number of aromatic nitrogens is 4. The van der Waals surface area contributed by atoms with Gasteiger partial charge in [-0.2, -0.15) is 0 Å². The molecule has 0 unspecified atom stereocenters. The molecule has 0 aliphatic carbocycles. The molecule has 1 aromatic carbocycles. The summed E-state index contributed by atoms with van der Waals surface area (Å²) >= 11 is 0. The average Bonchev–Trinajstić information content (AvgIpc) is 3.30. The Labute approximate surface area is 165 Å². The van der Waals surface area contributed by atoms with Crippen molar-refractivity contribution in [2.75, 3.05) is 26.7 Å². The lowest BCUT2D eigenvalue weighted by molar-refractivity contribution is -0.121. The number of tetrazole rings is 1. The van der Waals surface area contributed by atoms with Crippen LogP contribution in [0.4, 0.5) is 0 Å². The van der Waals surface area contributed by atoms with E-state index in [4.69, 9.17) is 0 Å². The molecule has 2 aromatic rings. The maximum absolute atomic E-state index is 12.2. The first-order valence-corrected chi connectivity index (χ1v) is 10.2. The molecule has 1 saturated heterocycles. The topological polar surface area (TPSA) is 79.2 Å². The number of aryl methyl sites for hydroxylation is 1. The van der Waals surface area contributed by atoms with Gasteiger partial charge in [0.1, 0.15) is 0 Å². The highest BCUT2D eigenvalue weighted by molar-refractivity contribution is 5.76. The molecule has 2 aliphatic heterocycles. The van der Waals surface area contributed by atoms with E-state index in [1.54, 1.807) is 0 Å². The van der Waals surface area contributed by atoms with E-state index in [1.807, 2.05) is 4.68 Å². The maximum Gasteiger partial charge on any atom is 0.220 e. The summed E-state index contributed by atoms with van der Waals surface area (Å²) < 4.78 is 1.84. The zero-order chi connectivity index (χ0) is 19.3. The van der Waals surface area contributed by atoms with Crippen molar-refractivity contribution in [2.24, 2.45) is 0 Å². The third-order valence-electron chi connectivity index (χ3n) is 5.71. The summed E-state index contributed by atoms with van der Waals surface area (Å²) in [5.74, 6) is 1.000. The molecule has 1 N–H and O–H groups in total. The molecule has 1 amide bonds. The van der Waals surface area contributed by atoms with Crippen LogP contribution in [-0.4, -0.2) is 68.6 Å². The zero-order valence-corrected chi connectivity index (χ0v) is 16.5. The van der Waals surface area contributed by atoms with Crippen molar-refractivity contribution in [2.45, 2.75) is 51.4 Å². The molecule has 28 heavy (non-hydrogen) atoms. The van der Waals surface area contributed by atoms with E-state index >= 15 is 0 Å². The summed E-state index contributed by atoms with van der Waals surface area (Å²) in [6, 6.07) is 8.91. The molecular weight excluding hydrogens is 354 g/mol. The Morgan fingerprint density at radius 1 is 1.25 bits per heavy atom. The Morgan fingerprint density at radius 2 is 2.11 bits per heavy atom. The van der Waals surface area contributed by atoms with E-state index in [-0.39, 0.29) is 5.91 Å². The second-order valence-electron chi connectivity index (χ2n) is 7.97. The van der Waals surface area contributed by atoms with Gasteiger partial charge in [0.2, 0.25) is 5.91 Å². The van der Waals surface area contributed by atoms with Crippen molar-refractivity contribution < 1.29 is 4.79 Å². The van der Waals surface area contributed by atoms with Crippen molar-refractivity contribution in [3.05, 3.63) is 41.2 Å². The molecule has 8 heteroatoms. The molecular formula is C20H29N7O. The minimum atomic E-state index is 0.127. The van der Waals surface area contributed by atoms with Gasteiger partial charge in [-0.1, -0.05) is 24.3 Å². The molecule has 4 rings (SSSR count). The van der Waals surface area contributed by atoms with Gasteiger partial charge in [-0.25, -0.2) is 4.68 Å². The smallest absolute Gasteiger partial charge is 0.220 e. The Balaban J connectivity index is 1.24. The Morgan fingerprint density at radius 3 is 2.93 bits per heavy atom. The molecule has 150 valence electrons. The summed E-state index contributed by atoms with van der Waals surface area (Å²) in [6.07, 6.45) is 3.36. The normalized spacial score (nSPS) is 20.2. The van der Waals surface area contributed by atoms with Crippen LogP contribution in [0.5, 0.6) is 0 Å². The number of amides is 1. The number of carbonyl (C=O) groups is 1. The molecule has 1 aromatic heterocycles. The highest BCUT2D eigenvalue weighted by Gasteiger charge is 2.21. The Hall–Kier alpha value is -2.32. The second-order valence-corrected chi connectivity index (χ2v) is 7.97. The van der Waals surface area contributed by atoms with Crippen molar-refractivity contribution in [3.63, 3.8) is 0 Å². The SMILES string of the molecule is CN1CC[C@H](NC(=O)CCCn2nnnc2CN2CCc3ccccc3C2)C1. The molecule has 1 fully saturated rings. The van der Waals surface area contributed by atoms with E-state index in [9.17, 15) is 4.79 Å². The summed E-state index contributed by atoms with van der Waals surface area (Å²) in [7, 11) is 2.09. The Kier molecular flexibility index (Phi) is 5.97. The number of fused-ring (bicyclic) bond motifs is 1. The third-order valence-corrected chi connectivity index (χ3v) is 5.71. The van der Waals surface area contributed by atoms with Crippen molar-refractivity contribution in [1.82, 2.24) is 35.3 Å². The van der Waals surface area contributed by atoms with E-state index < -0.39 is 0 Å². The van der Waals surface area contributed by atoms with Gasteiger partial charge in [-0.05, 0) is 54.4 Å². The maximum atomic E-state index is 12.2. The van der Waals surface area contributed by atoms with Crippen molar-refractivity contribution in [3.8, 4) is 0 Å². The van der Waals surface area contributed by atoms with E-state index in [0.717, 1.165) is 57.8 Å². The van der Waals surface area contributed by atoms with Gasteiger partial charge in [-0.15, -0.1) is 5.10 Å². The highest BCUT2D eigenvalue weighted by Crippen LogP contribution is 2.19. The predicted molar refractivity (Wildman–Crippen MR) is 105 cm³/mol. The lowest BCUT2D eigenvalue weighted by Gasteiger charge is -2.28. The van der Waals surface area contributed by atoms with Gasteiger partial charge < -0.3 is 10.2 Å². The molecule has 2 aliphatic rings. The van der Waals surface area contributed by atoms with Crippen LogP contribution in [0.2, 0.25) is 0 Å². The molecule has 0 saturated carbocycles. The number of nitrogens with one attached hydrogen (secondary N) is 1. The van der Waals surface area contributed by atoms with E-state index in [2.05, 4.69) is 62.0 Å². The zero-order valence-electron chi connectivity index (χ0n) is 16.5. The van der Waals surface area contributed by atoms with Gasteiger partial charge in [0, 0.05) is 38.6 Å². The number of benzene rings is 1. The molecule has 1 atom stereocenters. The first-order valence-electron chi connectivity index (χ1n) is 10.2. The van der Waals surface area contributed by atoms with Crippen LogP contribution in [0.3, 0.4) is 0 Å².